The molecule has 0 aromatic carbocycles. The number of nitrogens with two attached hydrogens (primary N) is 1. The third-order valence-electron chi connectivity index (χ3n) is 1.77. The molecule has 0 aliphatic heterocycles. The van der Waals surface area contributed by atoms with Crippen molar-refractivity contribution in [2.75, 3.05) is 26.8 Å². The molecule has 2 N–H and O–H groups in total. The Labute approximate surface area is 80.8 Å². The number of hydrogen-bond acceptors (Lipinski definition) is 2. The molecule has 0 aromatic heterocycles. The Kier molecular flexibility index (Phi) is 6.32. The first-order valence-electron chi connectivity index (χ1n) is 4.69. The number of rotatable bonds is 5. The highest BCUT2D eigenvalue weighted by atomic mass is 16.5. The lowest BCUT2D eigenvalue weighted by Crippen LogP contribution is -2.44. The zero-order chi connectivity index (χ0) is 10.3. The molecule has 0 atom stereocenters. The summed E-state index contributed by atoms with van der Waals surface area (Å²) < 4.78 is 5.00. The van der Waals surface area contributed by atoms with Gasteiger partial charge in [-0.1, -0.05) is 0 Å². The van der Waals surface area contributed by atoms with E-state index in [1.165, 1.54) is 0 Å². The molecule has 78 valence electrons. The van der Waals surface area contributed by atoms with Crippen LogP contribution in [0.4, 0.5) is 0 Å². The minimum Gasteiger partial charge on any atom is -0.383 e. The van der Waals surface area contributed by atoms with E-state index < -0.39 is 0 Å². The van der Waals surface area contributed by atoms with E-state index in [9.17, 15) is 0 Å². The second-order valence-corrected chi connectivity index (χ2v) is 3.11. The molecule has 0 aliphatic carbocycles. The molecule has 0 bridgehead atoms. The van der Waals surface area contributed by atoms with Crippen LogP contribution < -0.4 is 5.73 Å². The predicted molar refractivity (Wildman–Crippen MR) is 55.9 cm³/mol. The van der Waals surface area contributed by atoms with Crippen LogP contribution in [-0.2, 0) is 4.74 Å². The molecule has 0 rings (SSSR count). The summed E-state index contributed by atoms with van der Waals surface area (Å²) in [5.41, 5.74) is 5.79. The Bertz CT molecular complexity index is 157. The predicted octanol–water partition coefficient (Wildman–Crippen LogP) is 0.678. The Morgan fingerprint density at radius 1 is 1.54 bits per heavy atom. The van der Waals surface area contributed by atoms with Gasteiger partial charge >= 0.3 is 0 Å². The van der Waals surface area contributed by atoms with Crippen LogP contribution in [0.5, 0.6) is 0 Å². The highest BCUT2D eigenvalue weighted by Crippen LogP contribution is 1.97. The van der Waals surface area contributed by atoms with Gasteiger partial charge in [-0.05, 0) is 20.8 Å². The summed E-state index contributed by atoms with van der Waals surface area (Å²) in [5, 5.41) is 0. The summed E-state index contributed by atoms with van der Waals surface area (Å²) in [4.78, 5) is 6.20. The van der Waals surface area contributed by atoms with Crippen molar-refractivity contribution >= 4 is 5.96 Å². The van der Waals surface area contributed by atoms with Gasteiger partial charge in [-0.3, -0.25) is 4.99 Å². The maximum absolute atomic E-state index is 5.79. The molecular formula is C9H21N3O. The highest BCUT2D eigenvalue weighted by molar-refractivity contribution is 5.78. The van der Waals surface area contributed by atoms with Crippen molar-refractivity contribution in [2.45, 2.75) is 26.8 Å². The van der Waals surface area contributed by atoms with Crippen molar-refractivity contribution in [3.63, 3.8) is 0 Å². The van der Waals surface area contributed by atoms with Crippen LogP contribution in [0, 0.1) is 0 Å². The van der Waals surface area contributed by atoms with E-state index in [1.807, 2.05) is 11.8 Å². The van der Waals surface area contributed by atoms with Crippen molar-refractivity contribution in [1.29, 1.82) is 0 Å². The van der Waals surface area contributed by atoms with E-state index in [1.54, 1.807) is 7.11 Å². The van der Waals surface area contributed by atoms with Gasteiger partial charge in [-0.25, -0.2) is 0 Å². The fourth-order valence-electron chi connectivity index (χ4n) is 1.08. The molecule has 0 unspecified atom stereocenters. The Morgan fingerprint density at radius 3 is 2.54 bits per heavy atom. The molecule has 0 heterocycles. The van der Waals surface area contributed by atoms with E-state index in [2.05, 4.69) is 18.8 Å². The number of nitrogens with zero attached hydrogens (tertiary/aromatic N) is 2. The zero-order valence-electron chi connectivity index (χ0n) is 9.08. The molecule has 4 heteroatoms. The van der Waals surface area contributed by atoms with E-state index in [-0.39, 0.29) is 0 Å². The summed E-state index contributed by atoms with van der Waals surface area (Å²) in [7, 11) is 1.69. The van der Waals surface area contributed by atoms with Gasteiger partial charge in [0.2, 0.25) is 0 Å². The maximum Gasteiger partial charge on any atom is 0.191 e. The molecule has 0 amide bonds. The van der Waals surface area contributed by atoms with Gasteiger partial charge in [0, 0.05) is 26.2 Å². The molecule has 0 aliphatic rings. The molecular weight excluding hydrogens is 166 g/mol. The molecule has 0 saturated heterocycles. The van der Waals surface area contributed by atoms with Gasteiger partial charge in [0.15, 0.2) is 5.96 Å². The van der Waals surface area contributed by atoms with Gasteiger partial charge in [0.1, 0.15) is 0 Å². The Morgan fingerprint density at radius 2 is 2.15 bits per heavy atom. The lowest BCUT2D eigenvalue weighted by molar-refractivity contribution is 0.166. The van der Waals surface area contributed by atoms with E-state index in [0.717, 1.165) is 13.1 Å². The molecule has 0 fully saturated rings. The second kappa shape index (κ2) is 6.71. The average Bonchev–Trinajstić information content (AvgIpc) is 2.05. The summed E-state index contributed by atoms with van der Waals surface area (Å²) in [6, 6.07) is 0.366. The average molecular weight is 187 g/mol. The summed E-state index contributed by atoms with van der Waals surface area (Å²) in [6.45, 7) is 8.35. The SMILES string of the molecule is CCN=C(N)N(CCOC)C(C)C. The van der Waals surface area contributed by atoms with Crippen LogP contribution in [0.25, 0.3) is 0 Å². The van der Waals surface area contributed by atoms with Crippen LogP contribution in [0.15, 0.2) is 4.99 Å². The van der Waals surface area contributed by atoms with Crippen molar-refractivity contribution in [1.82, 2.24) is 4.90 Å². The standard InChI is InChI=1S/C9H21N3O/c1-5-11-9(10)12(8(2)3)6-7-13-4/h8H,5-7H2,1-4H3,(H2,10,11). The monoisotopic (exact) mass is 187 g/mol. The van der Waals surface area contributed by atoms with Gasteiger partial charge in [-0.15, -0.1) is 0 Å². The normalized spacial score (nSPS) is 12.2. The lowest BCUT2D eigenvalue weighted by atomic mass is 10.3. The maximum atomic E-state index is 5.79. The summed E-state index contributed by atoms with van der Waals surface area (Å²) >= 11 is 0. The first-order chi connectivity index (χ1) is 6.13. The fourth-order valence-corrected chi connectivity index (χ4v) is 1.08. The van der Waals surface area contributed by atoms with E-state index >= 15 is 0 Å². The number of guanidine groups is 1. The van der Waals surface area contributed by atoms with Crippen molar-refractivity contribution in [3.8, 4) is 0 Å². The van der Waals surface area contributed by atoms with Crippen molar-refractivity contribution in [2.24, 2.45) is 10.7 Å². The van der Waals surface area contributed by atoms with Crippen LogP contribution in [-0.4, -0.2) is 43.7 Å². The van der Waals surface area contributed by atoms with Gasteiger partial charge in [-0.2, -0.15) is 0 Å². The Balaban J connectivity index is 4.15. The number of ether oxygens (including phenoxy) is 1. The Hall–Kier alpha value is -0.770. The molecule has 0 saturated carbocycles. The topological polar surface area (TPSA) is 50.8 Å². The van der Waals surface area contributed by atoms with Gasteiger partial charge in [0.25, 0.3) is 0 Å². The summed E-state index contributed by atoms with van der Waals surface area (Å²) in [5.74, 6) is 0.606. The van der Waals surface area contributed by atoms with Gasteiger partial charge in [0.05, 0.1) is 6.61 Å². The van der Waals surface area contributed by atoms with Crippen LogP contribution in [0.3, 0.4) is 0 Å². The third kappa shape index (κ3) is 4.72. The first kappa shape index (κ1) is 12.2. The number of aliphatic imine (C=N–C) groups is 1. The quantitative estimate of drug-likeness (QED) is 0.508. The molecule has 4 nitrogen and oxygen atoms in total. The van der Waals surface area contributed by atoms with Crippen LogP contribution in [0.1, 0.15) is 20.8 Å². The lowest BCUT2D eigenvalue weighted by Gasteiger charge is -2.27. The minimum absolute atomic E-state index is 0.366. The largest absolute Gasteiger partial charge is 0.383 e. The highest BCUT2D eigenvalue weighted by Gasteiger charge is 2.10. The van der Waals surface area contributed by atoms with Crippen LogP contribution in [0.2, 0.25) is 0 Å². The molecule has 0 aromatic rings. The molecule has 13 heavy (non-hydrogen) atoms. The molecule has 0 spiro atoms. The third-order valence-corrected chi connectivity index (χ3v) is 1.77. The smallest absolute Gasteiger partial charge is 0.191 e. The first-order valence-corrected chi connectivity index (χ1v) is 4.69. The zero-order valence-corrected chi connectivity index (χ0v) is 9.08. The second-order valence-electron chi connectivity index (χ2n) is 3.11. The van der Waals surface area contributed by atoms with Gasteiger partial charge < -0.3 is 15.4 Å². The van der Waals surface area contributed by atoms with E-state index in [0.29, 0.717) is 18.6 Å². The van der Waals surface area contributed by atoms with Crippen LogP contribution >= 0.6 is 0 Å². The molecule has 0 radical (unpaired) electrons. The van der Waals surface area contributed by atoms with Crippen molar-refractivity contribution < 1.29 is 4.74 Å². The number of methoxy groups -OCH3 is 1. The minimum atomic E-state index is 0.366. The number of hydrogen-bond donors (Lipinski definition) is 1. The summed E-state index contributed by atoms with van der Waals surface area (Å²) in [6.07, 6.45) is 0. The van der Waals surface area contributed by atoms with E-state index in [4.69, 9.17) is 10.5 Å². The van der Waals surface area contributed by atoms with Crippen molar-refractivity contribution in [3.05, 3.63) is 0 Å². The fraction of sp³-hybridized carbons (Fsp3) is 0.889.